The number of piperazine rings is 1. The van der Waals surface area contributed by atoms with Crippen molar-refractivity contribution < 1.29 is 27.5 Å². The highest BCUT2D eigenvalue weighted by atomic mass is 32.1. The van der Waals surface area contributed by atoms with Crippen LogP contribution < -0.4 is 4.90 Å². The normalized spacial score (nSPS) is 17.5. The van der Waals surface area contributed by atoms with E-state index in [1.807, 2.05) is 18.2 Å². The molecule has 1 aromatic heterocycles. The Morgan fingerprint density at radius 1 is 1.20 bits per heavy atom. The lowest BCUT2D eigenvalue weighted by Crippen LogP contribution is -2.53. The molecule has 0 radical (unpaired) electrons. The Hall–Kier alpha value is -2.72. The van der Waals surface area contributed by atoms with Gasteiger partial charge in [-0.3, -0.25) is 9.69 Å². The van der Waals surface area contributed by atoms with Crippen LogP contribution in [0.25, 0.3) is 10.2 Å². The van der Waals surface area contributed by atoms with E-state index in [-0.39, 0.29) is 18.0 Å². The fourth-order valence-corrected chi connectivity index (χ4v) is 5.69. The van der Waals surface area contributed by atoms with Crippen LogP contribution in [0.5, 0.6) is 0 Å². The monoisotopic (exact) mass is 509 g/mol. The van der Waals surface area contributed by atoms with E-state index >= 15 is 0 Å². The van der Waals surface area contributed by atoms with Crippen molar-refractivity contribution in [3.8, 4) is 0 Å². The first-order chi connectivity index (χ1) is 16.5. The topological polar surface area (TPSA) is 56.7 Å². The Kier molecular flexibility index (Phi) is 7.32. The predicted molar refractivity (Wildman–Crippen MR) is 128 cm³/mol. The number of hydrogen-bond donors (Lipinski definition) is 1. The second-order valence-corrected chi connectivity index (χ2v) is 10.4. The zero-order chi connectivity index (χ0) is 25.3. The molecule has 2 heterocycles. The minimum absolute atomic E-state index is 0.0220. The van der Waals surface area contributed by atoms with Gasteiger partial charge < -0.3 is 10.0 Å². The van der Waals surface area contributed by atoms with E-state index in [9.17, 15) is 22.4 Å². The molecule has 0 unspecified atom stereocenters. The van der Waals surface area contributed by atoms with Gasteiger partial charge in [0, 0.05) is 38.3 Å². The third-order valence-electron chi connectivity index (χ3n) is 6.08. The van der Waals surface area contributed by atoms with Gasteiger partial charge in [-0.2, -0.15) is 13.2 Å². The molecule has 0 bridgehead atoms. The maximum atomic E-state index is 14.1. The number of aliphatic carboxylic acids is 1. The average Bonchev–Trinajstić information content (AvgIpc) is 3.14. The number of aromatic nitrogens is 1. The van der Waals surface area contributed by atoms with E-state index in [4.69, 9.17) is 5.11 Å². The first-order valence-electron chi connectivity index (χ1n) is 11.5. The molecule has 0 spiro atoms. The maximum absolute atomic E-state index is 14.1. The largest absolute Gasteiger partial charge is 0.481 e. The molecule has 188 valence electrons. The van der Waals surface area contributed by atoms with Crippen molar-refractivity contribution in [2.24, 2.45) is 5.92 Å². The van der Waals surface area contributed by atoms with Crippen molar-refractivity contribution in [3.05, 3.63) is 58.9 Å². The number of fused-ring (bicyclic) bond motifs is 1. The van der Waals surface area contributed by atoms with E-state index < -0.39 is 23.5 Å². The molecule has 4 rings (SSSR count). The predicted octanol–water partition coefficient (Wildman–Crippen LogP) is 5.82. The number of rotatable bonds is 7. The first-order valence-corrected chi connectivity index (χ1v) is 12.3. The van der Waals surface area contributed by atoms with Crippen LogP contribution in [-0.2, 0) is 23.9 Å². The number of thiazole rings is 1. The summed E-state index contributed by atoms with van der Waals surface area (Å²) in [6.45, 7) is 7.01. The fraction of sp³-hybridized carbons (Fsp3) is 0.440. The molecule has 1 fully saturated rings. The van der Waals surface area contributed by atoms with Gasteiger partial charge >= 0.3 is 12.1 Å². The number of benzene rings is 2. The van der Waals surface area contributed by atoms with Gasteiger partial charge in [0.15, 0.2) is 5.13 Å². The summed E-state index contributed by atoms with van der Waals surface area (Å²) >= 11 is 1.16. The number of hydrogen-bond acceptors (Lipinski definition) is 5. The zero-order valence-corrected chi connectivity index (χ0v) is 20.3. The smallest absolute Gasteiger partial charge is 0.419 e. The second kappa shape index (κ2) is 10.1. The highest BCUT2D eigenvalue weighted by Crippen LogP contribution is 2.38. The number of carboxylic acids is 1. The molecular formula is C25H27F4N3O2S. The Labute approximate surface area is 205 Å². The van der Waals surface area contributed by atoms with Crippen LogP contribution in [0.3, 0.4) is 0 Å². The lowest BCUT2D eigenvalue weighted by molar-refractivity contribution is -0.140. The van der Waals surface area contributed by atoms with Gasteiger partial charge in [-0.25, -0.2) is 9.37 Å². The highest BCUT2D eigenvalue weighted by molar-refractivity contribution is 7.22. The average molecular weight is 510 g/mol. The molecular weight excluding hydrogens is 482 g/mol. The van der Waals surface area contributed by atoms with Gasteiger partial charge in [0.25, 0.3) is 0 Å². The van der Waals surface area contributed by atoms with E-state index in [1.165, 1.54) is 0 Å². The summed E-state index contributed by atoms with van der Waals surface area (Å²) in [4.78, 5) is 20.0. The van der Waals surface area contributed by atoms with Crippen LogP contribution in [0.4, 0.5) is 22.7 Å². The van der Waals surface area contributed by atoms with Gasteiger partial charge in [-0.05, 0) is 29.5 Å². The summed E-state index contributed by atoms with van der Waals surface area (Å²) < 4.78 is 53.8. The molecule has 1 aliphatic rings. The molecule has 1 N–H and O–H groups in total. The van der Waals surface area contributed by atoms with Crippen molar-refractivity contribution in [2.45, 2.75) is 45.5 Å². The molecule has 0 aliphatic carbocycles. The number of nitrogens with zero attached hydrogens (tertiary/aromatic N) is 3. The molecule has 0 amide bonds. The number of halogens is 4. The standard InChI is InChI=1S/C25H27F4N3O2S/c1-15(2)8-18-14-31(13-17-5-3-4-16(9-17)10-23(33)34)6-7-32(18)24-30-21-12-20(26)19(25(27,28)29)11-22(21)35-24/h3-5,9,11-12,15,18H,6-8,10,13-14H2,1-2H3,(H,33,34)/t18-/m1/s1. The summed E-state index contributed by atoms with van der Waals surface area (Å²) in [5.41, 5.74) is 0.758. The molecule has 0 saturated carbocycles. The maximum Gasteiger partial charge on any atom is 0.419 e. The van der Waals surface area contributed by atoms with Gasteiger partial charge in [0.05, 0.1) is 22.2 Å². The van der Waals surface area contributed by atoms with Crippen molar-refractivity contribution in [2.75, 3.05) is 24.5 Å². The Balaban J connectivity index is 1.55. The highest BCUT2D eigenvalue weighted by Gasteiger charge is 2.35. The number of carboxylic acid groups (broad SMARTS) is 1. The summed E-state index contributed by atoms with van der Waals surface area (Å²) in [5, 5.41) is 9.66. The number of carbonyl (C=O) groups is 1. The molecule has 5 nitrogen and oxygen atoms in total. The SMILES string of the molecule is CC(C)C[C@@H]1CN(Cc2cccc(CC(=O)O)c2)CCN1c1nc2cc(F)c(C(F)(F)F)cc2s1. The fourth-order valence-electron chi connectivity index (χ4n) is 4.61. The molecule has 10 heteroatoms. The Morgan fingerprint density at radius 2 is 1.94 bits per heavy atom. The van der Waals surface area contributed by atoms with Gasteiger partial charge in [0.1, 0.15) is 5.82 Å². The van der Waals surface area contributed by atoms with Crippen LogP contribution in [-0.4, -0.2) is 46.6 Å². The van der Waals surface area contributed by atoms with Crippen molar-refractivity contribution in [1.82, 2.24) is 9.88 Å². The van der Waals surface area contributed by atoms with Gasteiger partial charge in [0.2, 0.25) is 0 Å². The van der Waals surface area contributed by atoms with E-state index in [0.717, 1.165) is 54.1 Å². The van der Waals surface area contributed by atoms with Crippen molar-refractivity contribution >= 4 is 32.7 Å². The first kappa shape index (κ1) is 25.4. The molecule has 1 aliphatic heterocycles. The van der Waals surface area contributed by atoms with E-state index in [2.05, 4.69) is 28.6 Å². The van der Waals surface area contributed by atoms with Gasteiger partial charge in [-0.15, -0.1) is 0 Å². The van der Waals surface area contributed by atoms with Crippen molar-refractivity contribution in [1.29, 1.82) is 0 Å². The van der Waals surface area contributed by atoms with Crippen molar-refractivity contribution in [3.63, 3.8) is 0 Å². The van der Waals surface area contributed by atoms with Crippen LogP contribution in [0.2, 0.25) is 0 Å². The molecule has 2 aromatic carbocycles. The van der Waals surface area contributed by atoms with E-state index in [1.54, 1.807) is 6.07 Å². The van der Waals surface area contributed by atoms with E-state index in [0.29, 0.717) is 28.8 Å². The molecule has 35 heavy (non-hydrogen) atoms. The van der Waals surface area contributed by atoms with Crippen LogP contribution in [0.1, 0.15) is 37.0 Å². The summed E-state index contributed by atoms with van der Waals surface area (Å²) in [7, 11) is 0. The molecule has 3 aromatic rings. The quantitative estimate of drug-likeness (QED) is 0.407. The minimum Gasteiger partial charge on any atom is -0.481 e. The summed E-state index contributed by atoms with van der Waals surface area (Å²) in [6, 6.07) is 9.38. The number of alkyl halides is 3. The zero-order valence-electron chi connectivity index (χ0n) is 19.5. The lowest BCUT2D eigenvalue weighted by Gasteiger charge is -2.42. The number of anilines is 1. The third kappa shape index (κ3) is 6.10. The van der Waals surface area contributed by atoms with Crippen LogP contribution in [0.15, 0.2) is 36.4 Å². The van der Waals surface area contributed by atoms with Crippen LogP contribution in [0, 0.1) is 11.7 Å². The molecule has 1 atom stereocenters. The Morgan fingerprint density at radius 3 is 2.63 bits per heavy atom. The summed E-state index contributed by atoms with van der Waals surface area (Å²) in [6.07, 6.45) is -3.91. The lowest BCUT2D eigenvalue weighted by atomic mass is 10.00. The third-order valence-corrected chi connectivity index (χ3v) is 7.14. The van der Waals surface area contributed by atoms with Gasteiger partial charge in [-0.1, -0.05) is 49.4 Å². The molecule has 1 saturated heterocycles. The minimum atomic E-state index is -4.75. The van der Waals surface area contributed by atoms with Crippen LogP contribution >= 0.6 is 11.3 Å². The second-order valence-electron chi connectivity index (χ2n) is 9.40. The summed E-state index contributed by atoms with van der Waals surface area (Å²) in [5.74, 6) is -1.79. The Bertz CT molecular complexity index is 1210.